The lowest BCUT2D eigenvalue weighted by Gasteiger charge is -2.35. The highest BCUT2D eigenvalue weighted by atomic mass is 35.5. The fraction of sp³-hybridized carbons (Fsp3) is 0.737. The molecular formula is C19H29ClN4O2. The smallest absolute Gasteiger partial charge is 0.256 e. The maximum absolute atomic E-state index is 12.7. The number of piperidine rings is 1. The summed E-state index contributed by atoms with van der Waals surface area (Å²) in [6.07, 6.45) is 6.75. The Bertz CT molecular complexity index is 620. The maximum atomic E-state index is 12.7. The molecule has 0 unspecified atom stereocenters. The second-order valence-electron chi connectivity index (χ2n) is 7.72. The van der Waals surface area contributed by atoms with E-state index in [9.17, 15) is 4.79 Å². The van der Waals surface area contributed by atoms with Crippen LogP contribution in [0.15, 0.2) is 6.07 Å². The summed E-state index contributed by atoms with van der Waals surface area (Å²) in [5, 5.41) is 11.1. The average Bonchev–Trinajstić information content (AvgIpc) is 3.14. The van der Waals surface area contributed by atoms with Crippen molar-refractivity contribution in [3.05, 3.63) is 16.8 Å². The summed E-state index contributed by atoms with van der Waals surface area (Å²) in [6, 6.07) is 2.10. The zero-order valence-electron chi connectivity index (χ0n) is 15.7. The molecule has 0 bridgehead atoms. The number of rotatable bonds is 6. The van der Waals surface area contributed by atoms with E-state index < -0.39 is 0 Å². The number of amides is 1. The molecule has 1 aliphatic carbocycles. The Morgan fingerprint density at radius 3 is 2.81 bits per heavy atom. The van der Waals surface area contributed by atoms with E-state index in [1.165, 1.54) is 6.42 Å². The van der Waals surface area contributed by atoms with Gasteiger partial charge in [0.2, 0.25) is 5.88 Å². The SMILES string of the molecule is CC(C)N1CCC[C@H](CNC(=O)c2cc(Cl)nnc2OC2CCCC2)C1. The highest BCUT2D eigenvalue weighted by Crippen LogP contribution is 2.26. The molecule has 0 radical (unpaired) electrons. The van der Waals surface area contributed by atoms with E-state index in [0.717, 1.165) is 45.2 Å². The Morgan fingerprint density at radius 1 is 1.31 bits per heavy atom. The van der Waals surface area contributed by atoms with Crippen LogP contribution in [-0.2, 0) is 0 Å². The van der Waals surface area contributed by atoms with Crippen molar-refractivity contribution in [2.24, 2.45) is 5.92 Å². The molecule has 1 aromatic heterocycles. The van der Waals surface area contributed by atoms with Crippen molar-refractivity contribution in [2.75, 3.05) is 19.6 Å². The van der Waals surface area contributed by atoms with Crippen molar-refractivity contribution in [1.29, 1.82) is 0 Å². The van der Waals surface area contributed by atoms with Crippen molar-refractivity contribution in [3.8, 4) is 5.88 Å². The molecule has 1 aliphatic heterocycles. The molecule has 144 valence electrons. The number of ether oxygens (including phenoxy) is 1. The standard InChI is InChI=1S/C19H29ClN4O2/c1-13(2)24-9-5-6-14(12-24)11-21-18(25)16-10-17(20)22-23-19(16)26-15-7-3-4-8-15/h10,13-15H,3-9,11-12H2,1-2H3,(H,21,25)/t14-/m1/s1. The molecule has 1 saturated heterocycles. The van der Waals surface area contributed by atoms with E-state index in [0.29, 0.717) is 29.9 Å². The molecule has 3 rings (SSSR count). The Labute approximate surface area is 160 Å². The first kappa shape index (κ1) is 19.4. The quantitative estimate of drug-likeness (QED) is 0.820. The zero-order valence-corrected chi connectivity index (χ0v) is 16.5. The third-order valence-electron chi connectivity index (χ3n) is 5.39. The molecule has 1 amide bonds. The highest BCUT2D eigenvalue weighted by molar-refractivity contribution is 6.29. The van der Waals surface area contributed by atoms with Gasteiger partial charge in [0.25, 0.3) is 5.91 Å². The largest absolute Gasteiger partial charge is 0.473 e. The van der Waals surface area contributed by atoms with Gasteiger partial charge in [-0.2, -0.15) is 0 Å². The van der Waals surface area contributed by atoms with Crippen LogP contribution < -0.4 is 10.1 Å². The average molecular weight is 381 g/mol. The van der Waals surface area contributed by atoms with Crippen LogP contribution in [0.2, 0.25) is 5.15 Å². The molecule has 1 N–H and O–H groups in total. The van der Waals surface area contributed by atoms with Gasteiger partial charge in [0.05, 0.1) is 0 Å². The second kappa shape index (κ2) is 9.00. The first-order valence-corrected chi connectivity index (χ1v) is 10.1. The molecule has 1 saturated carbocycles. The monoisotopic (exact) mass is 380 g/mol. The highest BCUT2D eigenvalue weighted by Gasteiger charge is 2.25. The van der Waals surface area contributed by atoms with Crippen molar-refractivity contribution < 1.29 is 9.53 Å². The summed E-state index contributed by atoms with van der Waals surface area (Å²) in [6.45, 7) is 7.27. The fourth-order valence-electron chi connectivity index (χ4n) is 3.84. The van der Waals surface area contributed by atoms with Crippen LogP contribution in [0.3, 0.4) is 0 Å². The molecule has 26 heavy (non-hydrogen) atoms. The molecule has 1 aromatic rings. The normalized spacial score (nSPS) is 21.9. The van der Waals surface area contributed by atoms with Crippen LogP contribution in [0.4, 0.5) is 0 Å². The molecule has 2 fully saturated rings. The van der Waals surface area contributed by atoms with E-state index in [1.54, 1.807) is 6.07 Å². The van der Waals surface area contributed by atoms with Crippen LogP contribution in [0.5, 0.6) is 5.88 Å². The van der Waals surface area contributed by atoms with E-state index in [2.05, 4.69) is 34.3 Å². The first-order chi connectivity index (χ1) is 12.5. The predicted molar refractivity (Wildman–Crippen MR) is 102 cm³/mol. The number of aromatic nitrogens is 2. The summed E-state index contributed by atoms with van der Waals surface area (Å²) < 4.78 is 5.92. The Morgan fingerprint density at radius 2 is 2.08 bits per heavy atom. The van der Waals surface area contributed by atoms with Gasteiger partial charge in [-0.15, -0.1) is 10.2 Å². The van der Waals surface area contributed by atoms with E-state index in [1.807, 2.05) is 0 Å². The number of hydrogen-bond acceptors (Lipinski definition) is 5. The molecule has 0 aromatic carbocycles. The first-order valence-electron chi connectivity index (χ1n) is 9.75. The minimum Gasteiger partial charge on any atom is -0.473 e. The topological polar surface area (TPSA) is 67.4 Å². The summed E-state index contributed by atoms with van der Waals surface area (Å²) in [4.78, 5) is 15.2. The number of carbonyl (C=O) groups is 1. The van der Waals surface area contributed by atoms with Gasteiger partial charge in [-0.25, -0.2) is 0 Å². The zero-order chi connectivity index (χ0) is 18.5. The number of carbonyl (C=O) groups excluding carboxylic acids is 1. The van der Waals surface area contributed by atoms with Gasteiger partial charge in [0.15, 0.2) is 5.15 Å². The number of nitrogens with zero attached hydrogens (tertiary/aromatic N) is 3. The Hall–Kier alpha value is -1.40. The van der Waals surface area contributed by atoms with Gasteiger partial charge in [-0.3, -0.25) is 4.79 Å². The van der Waals surface area contributed by atoms with Crippen LogP contribution >= 0.6 is 11.6 Å². The van der Waals surface area contributed by atoms with Gasteiger partial charge >= 0.3 is 0 Å². The number of likely N-dealkylation sites (tertiary alicyclic amines) is 1. The molecule has 7 heteroatoms. The van der Waals surface area contributed by atoms with Crippen molar-refractivity contribution >= 4 is 17.5 Å². The van der Waals surface area contributed by atoms with E-state index in [-0.39, 0.29) is 17.2 Å². The predicted octanol–water partition coefficient (Wildman–Crippen LogP) is 3.30. The summed E-state index contributed by atoms with van der Waals surface area (Å²) in [7, 11) is 0. The minimum atomic E-state index is -0.184. The molecule has 2 aliphatic rings. The Balaban J connectivity index is 1.60. The Kier molecular flexibility index (Phi) is 6.70. The lowest BCUT2D eigenvalue weighted by molar-refractivity contribution is 0.0913. The van der Waals surface area contributed by atoms with Gasteiger partial charge in [0.1, 0.15) is 11.7 Å². The number of halogens is 1. The molecule has 6 nitrogen and oxygen atoms in total. The van der Waals surface area contributed by atoms with E-state index in [4.69, 9.17) is 16.3 Å². The van der Waals surface area contributed by atoms with Gasteiger partial charge in [0, 0.05) is 19.1 Å². The summed E-state index contributed by atoms with van der Waals surface area (Å²) in [5.41, 5.74) is 0.383. The minimum absolute atomic E-state index is 0.120. The third-order valence-corrected chi connectivity index (χ3v) is 5.57. The van der Waals surface area contributed by atoms with Gasteiger partial charge in [-0.1, -0.05) is 11.6 Å². The third kappa shape index (κ3) is 5.07. The van der Waals surface area contributed by atoms with Crippen molar-refractivity contribution in [3.63, 3.8) is 0 Å². The van der Waals surface area contributed by atoms with Crippen molar-refractivity contribution in [2.45, 2.75) is 64.5 Å². The van der Waals surface area contributed by atoms with Crippen LogP contribution in [-0.4, -0.2) is 52.8 Å². The van der Waals surface area contributed by atoms with Gasteiger partial charge < -0.3 is 15.0 Å². The maximum Gasteiger partial charge on any atom is 0.256 e. The molecule has 0 spiro atoms. The lowest BCUT2D eigenvalue weighted by Crippen LogP contribution is -2.43. The molecule has 1 atom stereocenters. The van der Waals surface area contributed by atoms with E-state index >= 15 is 0 Å². The number of hydrogen-bond donors (Lipinski definition) is 1. The lowest BCUT2D eigenvalue weighted by atomic mass is 9.97. The number of nitrogens with one attached hydrogen (secondary N) is 1. The molecule has 2 heterocycles. The fourth-order valence-corrected chi connectivity index (χ4v) is 3.98. The van der Waals surface area contributed by atoms with Crippen LogP contribution in [0.1, 0.15) is 62.7 Å². The van der Waals surface area contributed by atoms with Crippen LogP contribution in [0.25, 0.3) is 0 Å². The summed E-state index contributed by atoms with van der Waals surface area (Å²) in [5.74, 6) is 0.585. The second-order valence-corrected chi connectivity index (χ2v) is 8.10. The van der Waals surface area contributed by atoms with Crippen LogP contribution in [0, 0.1) is 5.92 Å². The molecular weight excluding hydrogens is 352 g/mol. The van der Waals surface area contributed by atoms with Crippen molar-refractivity contribution in [1.82, 2.24) is 20.4 Å². The summed E-state index contributed by atoms with van der Waals surface area (Å²) >= 11 is 5.96. The van der Waals surface area contributed by atoms with Gasteiger partial charge in [-0.05, 0) is 70.9 Å².